The van der Waals surface area contributed by atoms with Gasteiger partial charge in [0.15, 0.2) is 6.17 Å². The van der Waals surface area contributed by atoms with Crippen molar-refractivity contribution in [3.8, 4) is 6.07 Å². The highest BCUT2D eigenvalue weighted by molar-refractivity contribution is 5.88. The lowest BCUT2D eigenvalue weighted by Gasteiger charge is -2.34. The van der Waals surface area contributed by atoms with Crippen molar-refractivity contribution in [1.29, 1.82) is 5.26 Å². The molecule has 0 radical (unpaired) electrons. The van der Waals surface area contributed by atoms with Crippen LogP contribution in [0.2, 0.25) is 0 Å². The molecule has 1 atom stereocenters. The van der Waals surface area contributed by atoms with E-state index in [0.717, 1.165) is 12.8 Å². The van der Waals surface area contributed by atoms with E-state index >= 15 is 0 Å². The molecule has 0 bridgehead atoms. The van der Waals surface area contributed by atoms with E-state index in [4.69, 9.17) is 0 Å². The minimum Gasteiger partial charge on any atom is -0.343 e. The first-order valence-electron chi connectivity index (χ1n) is 8.99. The summed E-state index contributed by atoms with van der Waals surface area (Å²) < 4.78 is 42.6. The van der Waals surface area contributed by atoms with Crippen molar-refractivity contribution in [3.63, 3.8) is 0 Å². The van der Waals surface area contributed by atoms with Gasteiger partial charge in [0.25, 0.3) is 0 Å². The van der Waals surface area contributed by atoms with E-state index in [1.165, 1.54) is 17.0 Å². The van der Waals surface area contributed by atoms with E-state index < -0.39 is 25.6 Å². The second-order valence-corrected chi connectivity index (χ2v) is 7.01. The minimum atomic E-state index is -0.987. The Hall–Kier alpha value is -2.75. The number of nitriles is 1. The third-order valence-corrected chi connectivity index (χ3v) is 5.19. The normalized spacial score (nSPS) is 19.2. The van der Waals surface area contributed by atoms with Crippen LogP contribution >= 0.6 is 0 Å². The summed E-state index contributed by atoms with van der Waals surface area (Å²) in [6.45, 7) is -1.10. The van der Waals surface area contributed by atoms with Crippen LogP contribution in [0.5, 0.6) is 0 Å². The Balaban J connectivity index is 1.92. The largest absolute Gasteiger partial charge is 0.343 e. The van der Waals surface area contributed by atoms with Crippen LogP contribution < -0.4 is 0 Å². The molecule has 0 amide bonds. The van der Waals surface area contributed by atoms with Crippen LogP contribution in [0, 0.1) is 23.1 Å². The first-order valence-corrected chi connectivity index (χ1v) is 8.99. The SMILES string of the molecule is N#Cc1c(C2N=CC=CN2C(CF)CF)n(CC2CC2)c2cc(F)ccc12. The molecule has 4 rings (SSSR count). The average Bonchev–Trinajstić information content (AvgIpc) is 3.45. The average molecular weight is 372 g/mol. The van der Waals surface area contributed by atoms with Crippen molar-refractivity contribution in [3.05, 3.63) is 47.5 Å². The zero-order valence-corrected chi connectivity index (χ0v) is 14.7. The van der Waals surface area contributed by atoms with Crippen LogP contribution in [0.1, 0.15) is 30.3 Å². The number of alkyl halides is 2. The van der Waals surface area contributed by atoms with Gasteiger partial charge in [-0.1, -0.05) is 0 Å². The first kappa shape index (κ1) is 17.7. The summed E-state index contributed by atoms with van der Waals surface area (Å²) in [5.41, 5.74) is 1.57. The minimum absolute atomic E-state index is 0.379. The maximum atomic E-state index is 13.9. The Bertz CT molecular complexity index is 948. The Morgan fingerprint density at radius 2 is 2.04 bits per heavy atom. The summed E-state index contributed by atoms with van der Waals surface area (Å²) in [6, 6.07) is 5.55. The molecule has 0 spiro atoms. The molecule has 140 valence electrons. The van der Waals surface area contributed by atoms with Crippen LogP contribution in [-0.4, -0.2) is 35.1 Å². The predicted octanol–water partition coefficient (Wildman–Crippen LogP) is 4.27. The van der Waals surface area contributed by atoms with Crippen LogP contribution in [0.3, 0.4) is 0 Å². The molecule has 27 heavy (non-hydrogen) atoms. The standard InChI is InChI=1S/C20H19F3N4/c21-9-15(10-22)26-7-1-6-25-20(26)19-17(11-24)16-5-4-14(23)8-18(16)27(19)12-13-2-3-13/h1,4-8,13,15,20H,2-3,9-10,12H2. The summed E-state index contributed by atoms with van der Waals surface area (Å²) >= 11 is 0. The lowest BCUT2D eigenvalue weighted by molar-refractivity contribution is 0.143. The molecular weight excluding hydrogens is 353 g/mol. The molecule has 2 aromatic rings. The Kier molecular flexibility index (Phi) is 4.65. The molecule has 7 heteroatoms. The van der Waals surface area contributed by atoms with Crippen LogP contribution in [0.15, 0.2) is 35.5 Å². The molecule has 2 heterocycles. The highest BCUT2D eigenvalue weighted by Gasteiger charge is 2.34. The van der Waals surface area contributed by atoms with Crippen LogP contribution in [0.25, 0.3) is 10.9 Å². The molecule has 4 nitrogen and oxygen atoms in total. The number of hydrogen-bond donors (Lipinski definition) is 0. The Morgan fingerprint density at radius 1 is 1.26 bits per heavy atom. The smallest absolute Gasteiger partial charge is 0.163 e. The van der Waals surface area contributed by atoms with E-state index in [1.807, 2.05) is 4.57 Å². The third-order valence-electron chi connectivity index (χ3n) is 5.19. The molecule has 1 aromatic carbocycles. The summed E-state index contributed by atoms with van der Waals surface area (Å²) in [7, 11) is 0. The summed E-state index contributed by atoms with van der Waals surface area (Å²) in [6.07, 6.45) is 6.21. The number of halogens is 3. The molecule has 1 aliphatic heterocycles. The molecule has 1 aliphatic carbocycles. The van der Waals surface area contributed by atoms with Gasteiger partial charge in [-0.25, -0.2) is 13.2 Å². The number of rotatable bonds is 6. The molecule has 0 N–H and O–H groups in total. The number of benzene rings is 1. The fourth-order valence-electron chi connectivity index (χ4n) is 3.64. The van der Waals surface area contributed by atoms with Crippen molar-refractivity contribution >= 4 is 17.1 Å². The molecule has 0 saturated heterocycles. The fraction of sp³-hybridized carbons (Fsp3) is 0.400. The van der Waals surface area contributed by atoms with Crippen molar-refractivity contribution in [2.75, 3.05) is 13.3 Å². The zero-order valence-electron chi connectivity index (χ0n) is 14.7. The van der Waals surface area contributed by atoms with Gasteiger partial charge in [-0.15, -0.1) is 0 Å². The topological polar surface area (TPSA) is 44.3 Å². The van der Waals surface area contributed by atoms with Crippen molar-refractivity contribution in [2.45, 2.75) is 31.6 Å². The maximum absolute atomic E-state index is 13.9. The summed E-state index contributed by atoms with van der Waals surface area (Å²) in [4.78, 5) is 5.94. The van der Waals surface area contributed by atoms with E-state index in [2.05, 4.69) is 11.1 Å². The van der Waals surface area contributed by atoms with Gasteiger partial charge in [0.05, 0.1) is 22.8 Å². The van der Waals surface area contributed by atoms with Gasteiger partial charge in [0.2, 0.25) is 0 Å². The number of aliphatic imine (C=N–C) groups is 1. The first-order chi connectivity index (χ1) is 13.2. The Labute approximate surface area is 155 Å². The molecule has 1 fully saturated rings. The molecule has 1 unspecified atom stereocenters. The highest BCUT2D eigenvalue weighted by atomic mass is 19.1. The Morgan fingerprint density at radius 3 is 2.70 bits per heavy atom. The summed E-state index contributed by atoms with van der Waals surface area (Å²) in [5, 5.41) is 10.5. The van der Waals surface area contributed by atoms with Crippen LogP contribution in [-0.2, 0) is 6.54 Å². The zero-order chi connectivity index (χ0) is 19.0. The summed E-state index contributed by atoms with van der Waals surface area (Å²) in [5.74, 6) is 0.0752. The molecule has 1 aromatic heterocycles. The van der Waals surface area contributed by atoms with Gasteiger partial charge < -0.3 is 9.47 Å². The van der Waals surface area contributed by atoms with Gasteiger partial charge in [-0.3, -0.25) is 4.99 Å². The number of allylic oxidation sites excluding steroid dienone is 1. The van der Waals surface area contributed by atoms with Gasteiger partial charge in [-0.05, 0) is 43.0 Å². The second-order valence-electron chi connectivity index (χ2n) is 7.01. The van der Waals surface area contributed by atoms with Gasteiger partial charge in [0.1, 0.15) is 25.2 Å². The monoisotopic (exact) mass is 372 g/mol. The number of fused-ring (bicyclic) bond motifs is 1. The lowest BCUT2D eigenvalue weighted by Crippen LogP contribution is -2.39. The number of hydrogen-bond acceptors (Lipinski definition) is 3. The van der Waals surface area contributed by atoms with E-state index in [-0.39, 0.29) is 5.82 Å². The van der Waals surface area contributed by atoms with Crippen molar-refractivity contribution in [1.82, 2.24) is 9.47 Å². The van der Waals surface area contributed by atoms with E-state index in [9.17, 15) is 18.4 Å². The molecule has 1 saturated carbocycles. The van der Waals surface area contributed by atoms with Crippen LogP contribution in [0.4, 0.5) is 13.2 Å². The van der Waals surface area contributed by atoms with Gasteiger partial charge in [0, 0.05) is 24.3 Å². The predicted molar refractivity (Wildman–Crippen MR) is 97.3 cm³/mol. The maximum Gasteiger partial charge on any atom is 0.163 e. The second kappa shape index (κ2) is 7.10. The van der Waals surface area contributed by atoms with Gasteiger partial charge in [-0.2, -0.15) is 5.26 Å². The third kappa shape index (κ3) is 3.09. The molecule has 2 aliphatic rings. The van der Waals surface area contributed by atoms with Crippen molar-refractivity contribution in [2.24, 2.45) is 10.9 Å². The highest BCUT2D eigenvalue weighted by Crippen LogP contribution is 2.39. The van der Waals surface area contributed by atoms with Crippen molar-refractivity contribution < 1.29 is 13.2 Å². The number of aromatic nitrogens is 1. The lowest BCUT2D eigenvalue weighted by atomic mass is 10.1. The van der Waals surface area contributed by atoms with E-state index in [1.54, 1.807) is 24.6 Å². The molecular formula is C20H19F3N4. The fourth-order valence-corrected chi connectivity index (χ4v) is 3.64. The van der Waals surface area contributed by atoms with Gasteiger partial charge >= 0.3 is 0 Å². The number of nitrogens with zero attached hydrogens (tertiary/aromatic N) is 4. The quantitative estimate of drug-likeness (QED) is 0.760. The van der Waals surface area contributed by atoms with E-state index in [0.29, 0.717) is 34.6 Å².